The van der Waals surface area contributed by atoms with Gasteiger partial charge in [-0.25, -0.2) is 0 Å². The molecular weight excluding hydrogens is 536 g/mol. The molecule has 0 radical (unpaired) electrons. The first-order chi connectivity index (χ1) is 21.6. The molecule has 4 aliphatic carbocycles. The van der Waals surface area contributed by atoms with E-state index < -0.39 is 0 Å². The van der Waals surface area contributed by atoms with Gasteiger partial charge in [0.25, 0.3) is 0 Å². The molecule has 0 saturated carbocycles. The number of rotatable bonds is 6. The summed E-state index contributed by atoms with van der Waals surface area (Å²) in [6.07, 6.45) is 14.8. The van der Waals surface area contributed by atoms with Crippen LogP contribution in [-0.2, 0) is 25.7 Å². The minimum Gasteiger partial charge on any atom is -0.387 e. The van der Waals surface area contributed by atoms with Gasteiger partial charge < -0.3 is 5.11 Å². The third-order valence-corrected chi connectivity index (χ3v) is 10.6. The summed E-state index contributed by atoms with van der Waals surface area (Å²) < 4.78 is 0. The number of benzene rings is 4. The first-order valence-electron chi connectivity index (χ1n) is 16.4. The highest BCUT2D eigenvalue weighted by atomic mass is 16.3. The van der Waals surface area contributed by atoms with Crippen molar-refractivity contribution in [2.24, 2.45) is 10.8 Å². The summed E-state index contributed by atoms with van der Waals surface area (Å²) in [6, 6.07) is 37.7. The number of fused-ring (bicyclic) bond motifs is 2. The van der Waals surface area contributed by atoms with Crippen LogP contribution in [0, 0.1) is 10.8 Å². The van der Waals surface area contributed by atoms with Crippen molar-refractivity contribution in [2.75, 3.05) is 0 Å². The number of aliphatic hydroxyl groups excluding tert-OH is 1. The standard InChI is InChI=1S/C21H22O.C21H20O/c2*22-20-19-13-7-4-10-17(19)15-21(20,18-11-5-6-12-18)14-16-8-2-1-3-9-16/h1-4,7-11,13,20,22H,5-6,12,14-15H2;1-4,7-11,13H,5-6,12,14-15H2. The maximum Gasteiger partial charge on any atom is 0.173 e. The lowest BCUT2D eigenvalue weighted by molar-refractivity contribution is 0.0639. The molecule has 0 spiro atoms. The fourth-order valence-electron chi connectivity index (χ4n) is 8.47. The second kappa shape index (κ2) is 12.2. The third-order valence-electron chi connectivity index (χ3n) is 10.6. The fraction of sp³-hybridized carbons (Fsp3) is 0.310. The SMILES string of the molecule is O=C1c2ccccc2CC1(Cc1ccccc1)C1=CCCC1.OC1c2ccccc2CC1(Cc1ccccc1)C1=CCCC1. The number of aliphatic hydroxyl groups is 1. The Morgan fingerprint density at radius 1 is 0.614 bits per heavy atom. The highest BCUT2D eigenvalue weighted by molar-refractivity contribution is 6.07. The van der Waals surface area contributed by atoms with Gasteiger partial charge in [0.05, 0.1) is 11.5 Å². The predicted octanol–water partition coefficient (Wildman–Crippen LogP) is 9.38. The normalized spacial score (nSPS) is 25.1. The minimum absolute atomic E-state index is 0.137. The molecule has 8 rings (SSSR count). The topological polar surface area (TPSA) is 37.3 Å². The average molecular weight is 579 g/mol. The van der Waals surface area contributed by atoms with Gasteiger partial charge in [-0.2, -0.15) is 0 Å². The van der Waals surface area contributed by atoms with Gasteiger partial charge in [-0.15, -0.1) is 0 Å². The Balaban J connectivity index is 0.000000142. The quantitative estimate of drug-likeness (QED) is 0.232. The molecule has 2 heteroatoms. The Kier molecular flexibility index (Phi) is 7.95. The van der Waals surface area contributed by atoms with Crippen LogP contribution in [0.25, 0.3) is 0 Å². The number of hydrogen-bond donors (Lipinski definition) is 1. The number of Topliss-reactive ketones (excluding diaryl/α,β-unsaturated/α-hetero) is 1. The Bertz CT molecular complexity index is 1700. The van der Waals surface area contributed by atoms with Crippen LogP contribution in [0.1, 0.15) is 82.8 Å². The molecule has 4 aromatic carbocycles. The Hall–Kier alpha value is -4.01. The molecule has 0 heterocycles. The molecule has 3 atom stereocenters. The zero-order valence-electron chi connectivity index (χ0n) is 25.6. The van der Waals surface area contributed by atoms with Crippen molar-refractivity contribution >= 4 is 5.78 Å². The van der Waals surface area contributed by atoms with Crippen molar-refractivity contribution in [3.05, 3.63) is 166 Å². The van der Waals surface area contributed by atoms with E-state index in [-0.39, 0.29) is 16.9 Å². The van der Waals surface area contributed by atoms with Gasteiger partial charge in [0.1, 0.15) is 0 Å². The molecule has 0 fully saturated rings. The molecule has 0 bridgehead atoms. The molecule has 0 aromatic heterocycles. The van der Waals surface area contributed by atoms with E-state index in [2.05, 4.69) is 91.0 Å². The van der Waals surface area contributed by atoms with Gasteiger partial charge in [-0.05, 0) is 92.0 Å². The van der Waals surface area contributed by atoms with Crippen LogP contribution in [-0.4, -0.2) is 10.9 Å². The van der Waals surface area contributed by atoms with Crippen LogP contribution in [0.4, 0.5) is 0 Å². The lowest BCUT2D eigenvalue weighted by Gasteiger charge is -2.35. The summed E-state index contributed by atoms with van der Waals surface area (Å²) in [7, 11) is 0. The fourth-order valence-corrected chi connectivity index (χ4v) is 8.47. The van der Waals surface area contributed by atoms with E-state index in [1.807, 2.05) is 30.3 Å². The summed E-state index contributed by atoms with van der Waals surface area (Å²) >= 11 is 0. The molecule has 0 saturated heterocycles. The smallest absolute Gasteiger partial charge is 0.173 e. The molecular formula is C42H42O2. The second-order valence-electron chi connectivity index (χ2n) is 13.2. The first-order valence-corrected chi connectivity index (χ1v) is 16.4. The van der Waals surface area contributed by atoms with Crippen LogP contribution < -0.4 is 0 Å². The van der Waals surface area contributed by atoms with E-state index in [0.717, 1.165) is 62.5 Å². The Labute approximate surface area is 262 Å². The third kappa shape index (κ3) is 5.20. The van der Waals surface area contributed by atoms with Gasteiger partial charge in [0, 0.05) is 11.0 Å². The molecule has 4 aromatic rings. The zero-order valence-corrected chi connectivity index (χ0v) is 25.6. The van der Waals surface area contributed by atoms with Crippen LogP contribution in [0.3, 0.4) is 0 Å². The largest absolute Gasteiger partial charge is 0.387 e. The Morgan fingerprint density at radius 2 is 1.18 bits per heavy atom. The van der Waals surface area contributed by atoms with E-state index in [9.17, 15) is 9.90 Å². The molecule has 4 aliphatic rings. The molecule has 44 heavy (non-hydrogen) atoms. The lowest BCUT2D eigenvalue weighted by atomic mass is 9.70. The van der Waals surface area contributed by atoms with E-state index in [4.69, 9.17) is 0 Å². The monoisotopic (exact) mass is 578 g/mol. The van der Waals surface area contributed by atoms with Crippen molar-refractivity contribution in [3.8, 4) is 0 Å². The number of allylic oxidation sites excluding steroid dienone is 3. The van der Waals surface area contributed by atoms with Gasteiger partial charge in [-0.3, -0.25) is 4.79 Å². The number of ketones is 1. The summed E-state index contributed by atoms with van der Waals surface area (Å²) in [4.78, 5) is 13.3. The van der Waals surface area contributed by atoms with Gasteiger partial charge >= 0.3 is 0 Å². The molecule has 3 unspecified atom stereocenters. The van der Waals surface area contributed by atoms with Gasteiger partial charge in [0.2, 0.25) is 0 Å². The molecule has 222 valence electrons. The molecule has 1 N–H and O–H groups in total. The summed E-state index contributed by atoms with van der Waals surface area (Å²) in [5.74, 6) is 0.333. The van der Waals surface area contributed by atoms with E-state index >= 15 is 0 Å². The first kappa shape index (κ1) is 28.7. The number of carbonyl (C=O) groups is 1. The molecule has 0 aliphatic heterocycles. The van der Waals surface area contributed by atoms with E-state index in [0.29, 0.717) is 5.78 Å². The summed E-state index contributed by atoms with van der Waals surface area (Å²) in [6.45, 7) is 0. The summed E-state index contributed by atoms with van der Waals surface area (Å²) in [5.41, 5.74) is 9.56. The van der Waals surface area contributed by atoms with E-state index in [1.165, 1.54) is 46.2 Å². The van der Waals surface area contributed by atoms with Crippen LogP contribution >= 0.6 is 0 Å². The van der Waals surface area contributed by atoms with Crippen molar-refractivity contribution < 1.29 is 9.90 Å². The van der Waals surface area contributed by atoms with Crippen molar-refractivity contribution in [1.82, 2.24) is 0 Å². The highest BCUT2D eigenvalue weighted by Crippen LogP contribution is 2.54. The van der Waals surface area contributed by atoms with Crippen molar-refractivity contribution in [1.29, 1.82) is 0 Å². The average Bonchev–Trinajstić information content (AvgIpc) is 3.88. The van der Waals surface area contributed by atoms with Gasteiger partial charge in [-0.1, -0.05) is 132 Å². The maximum atomic E-state index is 13.3. The van der Waals surface area contributed by atoms with Crippen molar-refractivity contribution in [3.63, 3.8) is 0 Å². The highest BCUT2D eigenvalue weighted by Gasteiger charge is 2.49. The molecule has 2 nitrogen and oxygen atoms in total. The zero-order chi connectivity index (χ0) is 30.0. The summed E-state index contributed by atoms with van der Waals surface area (Å²) in [5, 5.41) is 11.2. The minimum atomic E-state index is -0.381. The predicted molar refractivity (Wildman–Crippen MR) is 179 cm³/mol. The second-order valence-corrected chi connectivity index (χ2v) is 13.2. The lowest BCUT2D eigenvalue weighted by Crippen LogP contribution is -2.32. The van der Waals surface area contributed by atoms with Crippen LogP contribution in [0.5, 0.6) is 0 Å². The number of carbonyl (C=O) groups excluding carboxylic acids is 1. The Morgan fingerprint density at radius 3 is 1.80 bits per heavy atom. The van der Waals surface area contributed by atoms with Crippen LogP contribution in [0.15, 0.2) is 132 Å². The molecule has 0 amide bonds. The maximum absolute atomic E-state index is 13.3. The number of hydrogen-bond acceptors (Lipinski definition) is 2. The van der Waals surface area contributed by atoms with Crippen LogP contribution in [0.2, 0.25) is 0 Å². The van der Waals surface area contributed by atoms with Gasteiger partial charge in [0.15, 0.2) is 5.78 Å². The van der Waals surface area contributed by atoms with Crippen molar-refractivity contribution in [2.45, 2.75) is 70.3 Å². The van der Waals surface area contributed by atoms with E-state index in [1.54, 1.807) is 0 Å².